The zero-order valence-corrected chi connectivity index (χ0v) is 16.5. The van der Waals surface area contributed by atoms with Gasteiger partial charge in [-0.1, -0.05) is 30.3 Å². The van der Waals surface area contributed by atoms with Crippen molar-refractivity contribution >= 4 is 11.9 Å². The number of amides is 1. The fourth-order valence-corrected chi connectivity index (χ4v) is 5.51. The molecule has 0 aromatic heterocycles. The highest BCUT2D eigenvalue weighted by molar-refractivity contribution is 5.78. The Hall–Kier alpha value is -1.92. The molecule has 2 aliphatic heterocycles. The molecule has 2 spiro atoms. The van der Waals surface area contributed by atoms with Gasteiger partial charge in [0.1, 0.15) is 0 Å². The lowest BCUT2D eigenvalue weighted by atomic mass is 9.63. The molecular formula is C22H29NO5. The van der Waals surface area contributed by atoms with Crippen LogP contribution in [0.4, 0.5) is 0 Å². The second kappa shape index (κ2) is 7.84. The normalized spacial score (nSPS) is 29.4. The van der Waals surface area contributed by atoms with Crippen LogP contribution in [-0.4, -0.2) is 48.4 Å². The average molecular weight is 387 g/mol. The zero-order chi connectivity index (χ0) is 19.6. The molecule has 1 saturated carbocycles. The van der Waals surface area contributed by atoms with Gasteiger partial charge in [0.25, 0.3) is 0 Å². The van der Waals surface area contributed by atoms with Crippen molar-refractivity contribution in [1.29, 1.82) is 0 Å². The van der Waals surface area contributed by atoms with Crippen molar-refractivity contribution in [3.8, 4) is 0 Å². The number of ether oxygens (including phenoxy) is 3. The maximum absolute atomic E-state index is 13.1. The summed E-state index contributed by atoms with van der Waals surface area (Å²) < 4.78 is 17.3. The van der Waals surface area contributed by atoms with Crippen LogP contribution < -0.4 is 0 Å². The number of likely N-dealkylation sites (tertiary alicyclic amines) is 1. The summed E-state index contributed by atoms with van der Waals surface area (Å²) in [5.41, 5.74) is 0.656. The van der Waals surface area contributed by atoms with Gasteiger partial charge < -0.3 is 19.1 Å². The van der Waals surface area contributed by atoms with Crippen LogP contribution in [0.3, 0.4) is 0 Å². The van der Waals surface area contributed by atoms with Gasteiger partial charge in [-0.3, -0.25) is 9.59 Å². The van der Waals surface area contributed by atoms with Crippen LogP contribution >= 0.6 is 0 Å². The molecule has 28 heavy (non-hydrogen) atoms. The minimum atomic E-state index is -0.793. The minimum absolute atomic E-state index is 0.153. The summed E-state index contributed by atoms with van der Waals surface area (Å²) in [5, 5.41) is 0. The number of rotatable bonds is 4. The van der Waals surface area contributed by atoms with Gasteiger partial charge in [0.05, 0.1) is 32.3 Å². The summed E-state index contributed by atoms with van der Waals surface area (Å²) in [7, 11) is 1.41. The highest BCUT2D eigenvalue weighted by Crippen LogP contribution is 2.53. The van der Waals surface area contributed by atoms with Gasteiger partial charge in [0.2, 0.25) is 5.91 Å². The number of benzene rings is 1. The number of carbonyl (C=O) groups is 2. The fraction of sp³-hybridized carbons (Fsp3) is 0.636. The fourth-order valence-electron chi connectivity index (χ4n) is 5.51. The molecule has 1 aromatic carbocycles. The van der Waals surface area contributed by atoms with Crippen molar-refractivity contribution in [3.05, 3.63) is 35.9 Å². The Morgan fingerprint density at radius 3 is 2.57 bits per heavy atom. The van der Waals surface area contributed by atoms with E-state index in [1.54, 1.807) is 0 Å². The molecule has 0 unspecified atom stereocenters. The first-order valence-electron chi connectivity index (χ1n) is 10.3. The molecule has 1 aliphatic carbocycles. The quantitative estimate of drug-likeness (QED) is 0.743. The Morgan fingerprint density at radius 1 is 1.14 bits per heavy atom. The number of hydrogen-bond donors (Lipinski definition) is 0. The largest absolute Gasteiger partial charge is 0.469 e. The lowest BCUT2D eigenvalue weighted by molar-refractivity contribution is -0.254. The Morgan fingerprint density at radius 2 is 1.86 bits per heavy atom. The van der Waals surface area contributed by atoms with Crippen LogP contribution in [0.1, 0.15) is 50.5 Å². The first-order chi connectivity index (χ1) is 13.6. The van der Waals surface area contributed by atoms with E-state index in [4.69, 9.17) is 14.2 Å². The molecule has 0 N–H and O–H groups in total. The number of hydrogen-bond acceptors (Lipinski definition) is 5. The van der Waals surface area contributed by atoms with E-state index in [9.17, 15) is 9.59 Å². The lowest BCUT2D eigenvalue weighted by Gasteiger charge is -2.58. The lowest BCUT2D eigenvalue weighted by Crippen LogP contribution is -2.66. The molecule has 2 atom stereocenters. The number of carbonyl (C=O) groups excluding carboxylic acids is 2. The van der Waals surface area contributed by atoms with Gasteiger partial charge in [-0.05, 0) is 31.2 Å². The van der Waals surface area contributed by atoms with Crippen molar-refractivity contribution in [3.63, 3.8) is 0 Å². The van der Waals surface area contributed by atoms with E-state index in [1.807, 2.05) is 35.2 Å². The third kappa shape index (κ3) is 3.33. The second-order valence-electron chi connectivity index (χ2n) is 8.12. The summed E-state index contributed by atoms with van der Waals surface area (Å²) in [5.74, 6) is -1.14. The summed E-state index contributed by atoms with van der Waals surface area (Å²) in [6.07, 6.45) is 4.98. The van der Waals surface area contributed by atoms with Crippen molar-refractivity contribution < 1.29 is 23.8 Å². The summed E-state index contributed by atoms with van der Waals surface area (Å²) in [6.45, 7) is 1.61. The molecule has 1 amide bonds. The third-order valence-corrected chi connectivity index (χ3v) is 6.71. The van der Waals surface area contributed by atoms with E-state index in [1.165, 1.54) is 7.11 Å². The van der Waals surface area contributed by atoms with Crippen LogP contribution in [0.5, 0.6) is 0 Å². The second-order valence-corrected chi connectivity index (χ2v) is 8.12. The third-order valence-electron chi connectivity index (χ3n) is 6.71. The zero-order valence-electron chi connectivity index (χ0n) is 16.5. The molecule has 6 heteroatoms. The maximum atomic E-state index is 13.1. The van der Waals surface area contributed by atoms with Gasteiger partial charge in [-0.15, -0.1) is 0 Å². The molecule has 152 valence electrons. The highest BCUT2D eigenvalue weighted by Gasteiger charge is 2.61. The van der Waals surface area contributed by atoms with E-state index in [2.05, 4.69) is 0 Å². The Labute approximate surface area is 166 Å². The van der Waals surface area contributed by atoms with Crippen molar-refractivity contribution in [2.24, 2.45) is 5.92 Å². The van der Waals surface area contributed by atoms with Crippen LogP contribution in [0.15, 0.2) is 30.3 Å². The molecule has 2 saturated heterocycles. The number of esters is 1. The van der Waals surface area contributed by atoms with E-state index in [-0.39, 0.29) is 24.2 Å². The molecule has 3 aliphatic rings. The summed E-state index contributed by atoms with van der Waals surface area (Å²) >= 11 is 0. The first-order valence-corrected chi connectivity index (χ1v) is 10.3. The topological polar surface area (TPSA) is 65.1 Å². The highest BCUT2D eigenvalue weighted by atomic mass is 16.7. The number of methoxy groups -OCH3 is 1. The molecule has 3 fully saturated rings. The van der Waals surface area contributed by atoms with Crippen molar-refractivity contribution in [2.45, 2.75) is 62.8 Å². The van der Waals surface area contributed by atoms with Crippen LogP contribution in [-0.2, 0) is 30.3 Å². The minimum Gasteiger partial charge on any atom is -0.469 e. The number of piperidine rings is 1. The maximum Gasteiger partial charge on any atom is 0.306 e. The van der Waals surface area contributed by atoms with Crippen LogP contribution in [0.25, 0.3) is 0 Å². The van der Waals surface area contributed by atoms with E-state index in [0.29, 0.717) is 26.2 Å². The van der Waals surface area contributed by atoms with Crippen molar-refractivity contribution in [2.75, 3.05) is 20.3 Å². The molecule has 0 radical (unpaired) electrons. The summed E-state index contributed by atoms with van der Waals surface area (Å²) in [4.78, 5) is 27.5. The Kier molecular flexibility index (Phi) is 5.43. The first kappa shape index (κ1) is 19.4. The number of nitrogens with zero attached hydrogens (tertiary/aromatic N) is 1. The predicted octanol–water partition coefficient (Wildman–Crippen LogP) is 3.04. The van der Waals surface area contributed by atoms with Crippen LogP contribution in [0, 0.1) is 5.92 Å². The molecule has 1 aromatic rings. The monoisotopic (exact) mass is 387 g/mol. The van der Waals surface area contributed by atoms with Gasteiger partial charge in [0, 0.05) is 25.3 Å². The SMILES string of the molecule is COC(=O)C[C@@H]1C2(CCC[C@]13CCCC(=O)N3Cc1ccccc1)OCCO2. The molecule has 0 bridgehead atoms. The van der Waals surface area contributed by atoms with E-state index in [0.717, 1.165) is 37.7 Å². The Balaban J connectivity index is 1.74. The molecule has 6 nitrogen and oxygen atoms in total. The average Bonchev–Trinajstić information content (AvgIpc) is 3.17. The molecule has 4 rings (SSSR count). The van der Waals surface area contributed by atoms with Gasteiger partial charge in [-0.2, -0.15) is 0 Å². The Bertz CT molecular complexity index is 711. The van der Waals surface area contributed by atoms with Crippen LogP contribution in [0.2, 0.25) is 0 Å². The standard InChI is InChI=1S/C22H29NO5/c1-26-20(25)15-18-21(11-6-12-22(18)27-13-14-28-22)10-5-9-19(24)23(21)16-17-7-3-2-4-8-17/h2-4,7-8,18H,5-6,9-16H2,1H3/t18-,21+/m0/s1. The van der Waals surface area contributed by atoms with Gasteiger partial charge in [-0.25, -0.2) is 0 Å². The van der Waals surface area contributed by atoms with Gasteiger partial charge >= 0.3 is 5.97 Å². The van der Waals surface area contributed by atoms with E-state index >= 15 is 0 Å². The van der Waals surface area contributed by atoms with Gasteiger partial charge in [0.15, 0.2) is 5.79 Å². The smallest absolute Gasteiger partial charge is 0.306 e. The van der Waals surface area contributed by atoms with Crippen molar-refractivity contribution in [1.82, 2.24) is 4.90 Å². The predicted molar refractivity (Wildman–Crippen MR) is 102 cm³/mol. The molecule has 2 heterocycles. The summed E-state index contributed by atoms with van der Waals surface area (Å²) in [6, 6.07) is 10.1. The van der Waals surface area contributed by atoms with E-state index < -0.39 is 11.3 Å². The molecular weight excluding hydrogens is 358 g/mol.